The quantitative estimate of drug-likeness (QED) is 0.814. The number of anilines is 1. The molecule has 1 amide bonds. The monoisotopic (exact) mass is 255 g/mol. The van der Waals surface area contributed by atoms with Crippen molar-refractivity contribution in [3.63, 3.8) is 0 Å². The number of carbonyl (C=O) groups is 2. The average Bonchev–Trinajstić information content (AvgIpc) is 2.56. The van der Waals surface area contributed by atoms with Gasteiger partial charge in [-0.25, -0.2) is 4.98 Å². The van der Waals surface area contributed by atoms with Gasteiger partial charge in [0, 0.05) is 18.5 Å². The van der Waals surface area contributed by atoms with Crippen molar-refractivity contribution < 1.29 is 14.7 Å². The van der Waals surface area contributed by atoms with Crippen molar-refractivity contribution in [1.29, 1.82) is 0 Å². The molecule has 0 bridgehead atoms. The SMILES string of the molecule is Cc1csc(NC(=O)CN2CC(C(=O)O)C2)n1. The topological polar surface area (TPSA) is 82.5 Å². The summed E-state index contributed by atoms with van der Waals surface area (Å²) in [6.45, 7) is 2.97. The molecule has 0 radical (unpaired) electrons. The first-order chi connectivity index (χ1) is 8.04. The maximum atomic E-state index is 11.6. The second-order valence-electron chi connectivity index (χ2n) is 4.07. The smallest absolute Gasteiger partial charge is 0.309 e. The van der Waals surface area contributed by atoms with E-state index in [0.29, 0.717) is 18.2 Å². The van der Waals surface area contributed by atoms with E-state index in [4.69, 9.17) is 5.11 Å². The molecule has 1 saturated heterocycles. The molecule has 2 heterocycles. The van der Waals surface area contributed by atoms with Crippen molar-refractivity contribution in [3.05, 3.63) is 11.1 Å². The van der Waals surface area contributed by atoms with E-state index in [-0.39, 0.29) is 18.4 Å². The summed E-state index contributed by atoms with van der Waals surface area (Å²) in [5.74, 6) is -1.27. The first kappa shape index (κ1) is 12.0. The number of carboxylic acid groups (broad SMARTS) is 1. The van der Waals surface area contributed by atoms with Crippen molar-refractivity contribution in [3.8, 4) is 0 Å². The Labute approximate surface area is 102 Å². The number of hydrogen-bond donors (Lipinski definition) is 2. The molecule has 2 rings (SSSR count). The number of amides is 1. The zero-order valence-corrected chi connectivity index (χ0v) is 10.2. The summed E-state index contributed by atoms with van der Waals surface area (Å²) < 4.78 is 0. The molecule has 1 fully saturated rings. The minimum atomic E-state index is -0.794. The fourth-order valence-electron chi connectivity index (χ4n) is 1.63. The lowest BCUT2D eigenvalue weighted by atomic mass is 10.0. The highest BCUT2D eigenvalue weighted by atomic mass is 32.1. The van der Waals surface area contributed by atoms with Gasteiger partial charge in [-0.15, -0.1) is 11.3 Å². The number of rotatable bonds is 4. The summed E-state index contributed by atoms with van der Waals surface area (Å²) in [4.78, 5) is 28.1. The molecule has 6 nitrogen and oxygen atoms in total. The molecule has 17 heavy (non-hydrogen) atoms. The van der Waals surface area contributed by atoms with E-state index in [2.05, 4.69) is 10.3 Å². The van der Waals surface area contributed by atoms with Gasteiger partial charge in [-0.3, -0.25) is 14.5 Å². The predicted octanol–water partition coefficient (Wildman–Crippen LogP) is 0.406. The number of aliphatic carboxylic acids is 1. The lowest BCUT2D eigenvalue weighted by Crippen LogP contribution is -2.52. The van der Waals surface area contributed by atoms with E-state index in [1.54, 1.807) is 4.90 Å². The normalized spacial score (nSPS) is 16.5. The molecule has 2 N–H and O–H groups in total. The van der Waals surface area contributed by atoms with Gasteiger partial charge in [-0.05, 0) is 6.92 Å². The third kappa shape index (κ3) is 3.01. The highest BCUT2D eigenvalue weighted by Crippen LogP contribution is 2.17. The van der Waals surface area contributed by atoms with Gasteiger partial charge in [-0.2, -0.15) is 0 Å². The van der Waals surface area contributed by atoms with Crippen LogP contribution in [0.5, 0.6) is 0 Å². The van der Waals surface area contributed by atoms with Crippen LogP contribution in [0.3, 0.4) is 0 Å². The minimum absolute atomic E-state index is 0.150. The van der Waals surface area contributed by atoms with Crippen molar-refractivity contribution in [2.24, 2.45) is 5.92 Å². The third-order valence-corrected chi connectivity index (χ3v) is 3.41. The Hall–Kier alpha value is -1.47. The van der Waals surface area contributed by atoms with Gasteiger partial charge in [-0.1, -0.05) is 0 Å². The van der Waals surface area contributed by atoms with Gasteiger partial charge in [0.25, 0.3) is 0 Å². The van der Waals surface area contributed by atoms with Crippen LogP contribution in [0, 0.1) is 12.8 Å². The molecule has 0 atom stereocenters. The number of likely N-dealkylation sites (tertiary alicyclic amines) is 1. The Morgan fingerprint density at radius 3 is 2.88 bits per heavy atom. The molecular weight excluding hydrogens is 242 g/mol. The zero-order chi connectivity index (χ0) is 12.4. The molecule has 0 spiro atoms. The first-order valence-corrected chi connectivity index (χ1v) is 6.09. The third-order valence-electron chi connectivity index (χ3n) is 2.54. The van der Waals surface area contributed by atoms with Crippen LogP contribution < -0.4 is 5.32 Å². The predicted molar refractivity (Wildman–Crippen MR) is 63.0 cm³/mol. The summed E-state index contributed by atoms with van der Waals surface area (Å²) in [6, 6.07) is 0. The van der Waals surface area contributed by atoms with Gasteiger partial charge in [0.05, 0.1) is 18.2 Å². The number of aryl methyl sites for hydroxylation is 1. The minimum Gasteiger partial charge on any atom is -0.481 e. The van der Waals surface area contributed by atoms with E-state index in [1.165, 1.54) is 11.3 Å². The summed E-state index contributed by atoms with van der Waals surface area (Å²) in [5, 5.41) is 13.8. The molecule has 1 aliphatic rings. The zero-order valence-electron chi connectivity index (χ0n) is 9.34. The van der Waals surface area contributed by atoms with Crippen LogP contribution in [-0.2, 0) is 9.59 Å². The number of nitrogens with one attached hydrogen (secondary N) is 1. The van der Waals surface area contributed by atoms with Crippen LogP contribution in [0.15, 0.2) is 5.38 Å². The van der Waals surface area contributed by atoms with Crippen molar-refractivity contribution in [1.82, 2.24) is 9.88 Å². The fraction of sp³-hybridized carbons (Fsp3) is 0.500. The van der Waals surface area contributed by atoms with Crippen molar-refractivity contribution in [2.75, 3.05) is 25.0 Å². The molecule has 92 valence electrons. The van der Waals surface area contributed by atoms with E-state index in [9.17, 15) is 9.59 Å². The van der Waals surface area contributed by atoms with Crippen LogP contribution >= 0.6 is 11.3 Å². The number of nitrogens with zero attached hydrogens (tertiary/aromatic N) is 2. The standard InChI is InChI=1S/C10H13N3O3S/c1-6-5-17-10(11-6)12-8(14)4-13-2-7(3-13)9(15)16/h5,7H,2-4H2,1H3,(H,15,16)(H,11,12,14). The van der Waals surface area contributed by atoms with Crippen LogP contribution in [0.25, 0.3) is 0 Å². The summed E-state index contributed by atoms with van der Waals surface area (Å²) in [7, 11) is 0. The second-order valence-corrected chi connectivity index (χ2v) is 4.93. The largest absolute Gasteiger partial charge is 0.481 e. The fourth-order valence-corrected chi connectivity index (χ4v) is 2.33. The van der Waals surface area contributed by atoms with Gasteiger partial charge in [0.1, 0.15) is 0 Å². The number of carboxylic acids is 1. The molecule has 1 aromatic rings. The molecule has 0 aliphatic carbocycles. The van der Waals surface area contributed by atoms with E-state index in [1.807, 2.05) is 12.3 Å². The van der Waals surface area contributed by atoms with Crippen molar-refractivity contribution in [2.45, 2.75) is 6.92 Å². The molecule has 0 unspecified atom stereocenters. The Bertz CT molecular complexity index is 440. The van der Waals surface area contributed by atoms with Gasteiger partial charge in [0.15, 0.2) is 5.13 Å². The highest BCUT2D eigenvalue weighted by Gasteiger charge is 2.33. The molecule has 1 aliphatic heterocycles. The van der Waals surface area contributed by atoms with E-state index >= 15 is 0 Å². The molecule has 7 heteroatoms. The van der Waals surface area contributed by atoms with Crippen LogP contribution in [0.4, 0.5) is 5.13 Å². The highest BCUT2D eigenvalue weighted by molar-refractivity contribution is 7.13. The maximum absolute atomic E-state index is 11.6. The number of thiazole rings is 1. The first-order valence-electron chi connectivity index (χ1n) is 5.21. The maximum Gasteiger partial charge on any atom is 0.309 e. The number of carbonyl (C=O) groups excluding carboxylic acids is 1. The molecule has 0 saturated carbocycles. The Morgan fingerprint density at radius 2 is 2.35 bits per heavy atom. The molecule has 0 aromatic carbocycles. The average molecular weight is 255 g/mol. The van der Waals surface area contributed by atoms with Crippen molar-refractivity contribution >= 4 is 28.3 Å². The summed E-state index contributed by atoms with van der Waals surface area (Å²) in [5.41, 5.74) is 0.875. The lowest BCUT2D eigenvalue weighted by Gasteiger charge is -2.35. The summed E-state index contributed by atoms with van der Waals surface area (Å²) >= 11 is 1.38. The van der Waals surface area contributed by atoms with Crippen LogP contribution in [0.1, 0.15) is 5.69 Å². The Balaban J connectivity index is 1.74. The molecule has 1 aromatic heterocycles. The Morgan fingerprint density at radius 1 is 1.65 bits per heavy atom. The van der Waals surface area contributed by atoms with Gasteiger partial charge < -0.3 is 10.4 Å². The van der Waals surface area contributed by atoms with Gasteiger partial charge in [0.2, 0.25) is 5.91 Å². The molecular formula is C10H13N3O3S. The van der Waals surface area contributed by atoms with Crippen LogP contribution in [0.2, 0.25) is 0 Å². The lowest BCUT2D eigenvalue weighted by molar-refractivity contribution is -0.148. The van der Waals surface area contributed by atoms with E-state index in [0.717, 1.165) is 5.69 Å². The second kappa shape index (κ2) is 4.80. The van der Waals surface area contributed by atoms with Crippen LogP contribution in [-0.4, -0.2) is 46.5 Å². The van der Waals surface area contributed by atoms with E-state index < -0.39 is 5.97 Å². The van der Waals surface area contributed by atoms with Gasteiger partial charge >= 0.3 is 5.97 Å². The number of aromatic nitrogens is 1. The number of hydrogen-bond acceptors (Lipinski definition) is 5. The summed E-state index contributed by atoms with van der Waals surface area (Å²) in [6.07, 6.45) is 0. The Kier molecular flexibility index (Phi) is 3.39.